The van der Waals surface area contributed by atoms with Crippen molar-refractivity contribution < 1.29 is 0 Å². The van der Waals surface area contributed by atoms with Crippen LogP contribution in [0.5, 0.6) is 0 Å². The summed E-state index contributed by atoms with van der Waals surface area (Å²) < 4.78 is 4.94. The lowest BCUT2D eigenvalue weighted by Gasteiger charge is -2.21. The van der Waals surface area contributed by atoms with Crippen molar-refractivity contribution in [3.8, 4) is 33.6 Å². The molecule has 2 heterocycles. The van der Waals surface area contributed by atoms with Crippen LogP contribution in [0.25, 0.3) is 77.2 Å². The molecule has 0 saturated carbocycles. The van der Waals surface area contributed by atoms with E-state index in [4.69, 9.17) is 0 Å². The Balaban J connectivity index is 1.28. The number of aromatic nitrogens is 2. The molecule has 2 nitrogen and oxygen atoms in total. The van der Waals surface area contributed by atoms with Crippen LogP contribution in [0.4, 0.5) is 0 Å². The Bertz CT molecular complexity index is 2660. The van der Waals surface area contributed by atoms with Crippen LogP contribution in [0.15, 0.2) is 158 Å². The van der Waals surface area contributed by atoms with Crippen LogP contribution in [0.2, 0.25) is 0 Å². The van der Waals surface area contributed by atoms with Crippen molar-refractivity contribution in [1.82, 2.24) is 9.13 Å². The zero-order chi connectivity index (χ0) is 31.3. The van der Waals surface area contributed by atoms with Gasteiger partial charge in [0.2, 0.25) is 0 Å². The van der Waals surface area contributed by atoms with E-state index in [9.17, 15) is 0 Å². The second kappa shape index (κ2) is 9.57. The van der Waals surface area contributed by atoms with Crippen molar-refractivity contribution in [3.63, 3.8) is 0 Å². The standard InChI is InChI=1S/C45H32N2/c1-45(2)37-21-9-3-15-29(37)35-28-44-36(27-38(35)45)34-20-8-14-26-43(34)47(44)42-25-13-7-19-33(42)32-18-6-12-24-41(32)46-39-22-10-4-16-30(39)31-17-5-11-23-40(31)46/h3-28H,1-2H3. The molecule has 0 spiro atoms. The van der Waals surface area contributed by atoms with E-state index in [1.165, 1.54) is 88.4 Å². The molecule has 0 N–H and O–H groups in total. The minimum atomic E-state index is -0.0531. The van der Waals surface area contributed by atoms with Crippen LogP contribution in [-0.4, -0.2) is 9.13 Å². The van der Waals surface area contributed by atoms with Gasteiger partial charge in [-0.1, -0.05) is 129 Å². The smallest absolute Gasteiger partial charge is 0.0547 e. The maximum absolute atomic E-state index is 2.50. The van der Waals surface area contributed by atoms with E-state index in [-0.39, 0.29) is 5.41 Å². The summed E-state index contributed by atoms with van der Waals surface area (Å²) in [5, 5.41) is 5.12. The van der Waals surface area contributed by atoms with Gasteiger partial charge in [-0.2, -0.15) is 0 Å². The monoisotopic (exact) mass is 600 g/mol. The van der Waals surface area contributed by atoms with Gasteiger partial charge in [-0.25, -0.2) is 0 Å². The molecule has 0 saturated heterocycles. The van der Waals surface area contributed by atoms with E-state index >= 15 is 0 Å². The molecule has 2 aromatic heterocycles. The zero-order valence-electron chi connectivity index (χ0n) is 26.4. The number of benzene rings is 7. The molecular formula is C45H32N2. The maximum atomic E-state index is 2.50. The van der Waals surface area contributed by atoms with Crippen molar-refractivity contribution in [2.45, 2.75) is 19.3 Å². The summed E-state index contributed by atoms with van der Waals surface area (Å²) in [6.45, 7) is 4.73. The number of para-hydroxylation sites is 5. The van der Waals surface area contributed by atoms with Gasteiger partial charge in [0.05, 0.1) is 33.4 Å². The number of hydrogen-bond acceptors (Lipinski definition) is 0. The molecule has 10 rings (SSSR count). The predicted octanol–water partition coefficient (Wildman–Crippen LogP) is 11.9. The largest absolute Gasteiger partial charge is 0.309 e. The minimum absolute atomic E-state index is 0.0531. The molecule has 9 aromatic rings. The normalized spacial score (nSPS) is 13.5. The SMILES string of the molecule is CC1(C)c2ccccc2-c2cc3c(cc21)c1ccccc1n3-c1ccccc1-c1ccccc1-n1c2ccccc2c2ccccc21. The fourth-order valence-corrected chi connectivity index (χ4v) is 8.40. The molecule has 47 heavy (non-hydrogen) atoms. The average Bonchev–Trinajstić information content (AvgIpc) is 3.71. The van der Waals surface area contributed by atoms with Crippen LogP contribution in [0.1, 0.15) is 25.0 Å². The van der Waals surface area contributed by atoms with Gasteiger partial charge >= 0.3 is 0 Å². The predicted molar refractivity (Wildman–Crippen MR) is 198 cm³/mol. The Hall–Kier alpha value is -5.86. The van der Waals surface area contributed by atoms with Crippen LogP contribution in [-0.2, 0) is 5.41 Å². The van der Waals surface area contributed by atoms with E-state index in [1.807, 2.05) is 0 Å². The summed E-state index contributed by atoms with van der Waals surface area (Å²) in [7, 11) is 0. The quantitative estimate of drug-likeness (QED) is 0.191. The van der Waals surface area contributed by atoms with Crippen LogP contribution in [0.3, 0.4) is 0 Å². The minimum Gasteiger partial charge on any atom is -0.309 e. The molecule has 222 valence electrons. The third kappa shape index (κ3) is 3.56. The Morgan fingerprint density at radius 1 is 0.340 bits per heavy atom. The van der Waals surface area contributed by atoms with Gasteiger partial charge in [0.25, 0.3) is 0 Å². The Labute approximate surface area is 273 Å². The lowest BCUT2D eigenvalue weighted by atomic mass is 9.82. The van der Waals surface area contributed by atoms with Gasteiger partial charge in [-0.15, -0.1) is 0 Å². The lowest BCUT2D eigenvalue weighted by Crippen LogP contribution is -2.14. The summed E-state index contributed by atoms with van der Waals surface area (Å²) in [6, 6.07) is 58.1. The van der Waals surface area contributed by atoms with Gasteiger partial charge in [-0.05, 0) is 64.7 Å². The topological polar surface area (TPSA) is 9.86 Å². The highest BCUT2D eigenvalue weighted by molar-refractivity contribution is 6.13. The van der Waals surface area contributed by atoms with Gasteiger partial charge < -0.3 is 9.13 Å². The highest BCUT2D eigenvalue weighted by Gasteiger charge is 2.36. The molecule has 0 bridgehead atoms. The molecule has 0 atom stereocenters. The zero-order valence-corrected chi connectivity index (χ0v) is 26.4. The maximum Gasteiger partial charge on any atom is 0.0547 e. The van der Waals surface area contributed by atoms with Crippen molar-refractivity contribution in [3.05, 3.63) is 169 Å². The number of hydrogen-bond donors (Lipinski definition) is 0. The molecular weight excluding hydrogens is 569 g/mol. The highest BCUT2D eigenvalue weighted by Crippen LogP contribution is 2.51. The van der Waals surface area contributed by atoms with Crippen molar-refractivity contribution in [2.75, 3.05) is 0 Å². The Morgan fingerprint density at radius 3 is 1.34 bits per heavy atom. The molecule has 0 aliphatic heterocycles. The van der Waals surface area contributed by atoms with Gasteiger partial charge in [0.1, 0.15) is 0 Å². The fraction of sp³-hybridized carbons (Fsp3) is 0.0667. The first kappa shape index (κ1) is 26.4. The second-order valence-corrected chi connectivity index (χ2v) is 13.3. The first-order valence-electron chi connectivity index (χ1n) is 16.5. The van der Waals surface area contributed by atoms with Crippen LogP contribution in [0, 0.1) is 0 Å². The van der Waals surface area contributed by atoms with Crippen molar-refractivity contribution in [1.29, 1.82) is 0 Å². The van der Waals surface area contributed by atoms with Crippen molar-refractivity contribution in [2.24, 2.45) is 0 Å². The van der Waals surface area contributed by atoms with Gasteiger partial charge in [0.15, 0.2) is 0 Å². The van der Waals surface area contributed by atoms with E-state index < -0.39 is 0 Å². The summed E-state index contributed by atoms with van der Waals surface area (Å²) in [6.07, 6.45) is 0. The fourth-order valence-electron chi connectivity index (χ4n) is 8.40. The van der Waals surface area contributed by atoms with E-state index in [2.05, 4.69) is 181 Å². The van der Waals surface area contributed by atoms with E-state index in [1.54, 1.807) is 0 Å². The Morgan fingerprint density at radius 2 is 0.766 bits per heavy atom. The lowest BCUT2D eigenvalue weighted by molar-refractivity contribution is 0.661. The van der Waals surface area contributed by atoms with Crippen LogP contribution < -0.4 is 0 Å². The molecule has 0 unspecified atom stereocenters. The van der Waals surface area contributed by atoms with Crippen LogP contribution >= 0.6 is 0 Å². The molecule has 1 aliphatic rings. The third-order valence-electron chi connectivity index (χ3n) is 10.5. The van der Waals surface area contributed by atoms with Crippen molar-refractivity contribution >= 4 is 43.6 Å². The summed E-state index contributed by atoms with van der Waals surface area (Å²) >= 11 is 0. The van der Waals surface area contributed by atoms with Gasteiger partial charge in [-0.3, -0.25) is 0 Å². The van der Waals surface area contributed by atoms with E-state index in [0.29, 0.717) is 0 Å². The first-order chi connectivity index (χ1) is 23.1. The molecule has 2 heteroatoms. The number of fused-ring (bicyclic) bond motifs is 9. The molecule has 1 aliphatic carbocycles. The molecule has 0 fully saturated rings. The second-order valence-electron chi connectivity index (χ2n) is 13.3. The van der Waals surface area contributed by atoms with Gasteiger partial charge in [0, 0.05) is 38.1 Å². The highest BCUT2D eigenvalue weighted by atomic mass is 15.0. The van der Waals surface area contributed by atoms with E-state index in [0.717, 1.165) is 0 Å². The first-order valence-corrected chi connectivity index (χ1v) is 16.5. The Kier molecular flexibility index (Phi) is 5.37. The molecule has 0 amide bonds. The summed E-state index contributed by atoms with van der Waals surface area (Å²) in [5.41, 5.74) is 15.1. The molecule has 0 radical (unpaired) electrons. The number of rotatable bonds is 3. The summed E-state index contributed by atoms with van der Waals surface area (Å²) in [4.78, 5) is 0. The average molecular weight is 601 g/mol. The molecule has 7 aromatic carbocycles. The summed E-state index contributed by atoms with van der Waals surface area (Å²) in [5.74, 6) is 0. The number of nitrogens with zero attached hydrogens (tertiary/aromatic N) is 2. The third-order valence-corrected chi connectivity index (χ3v) is 10.5.